The number of hydrogen-bond acceptors (Lipinski definition) is 2. The Labute approximate surface area is 124 Å². The molecular weight excluding hydrogens is 285 g/mol. The van der Waals surface area contributed by atoms with Crippen LogP contribution in [0, 0.1) is 0 Å². The predicted octanol–water partition coefficient (Wildman–Crippen LogP) is 5.82. The molecule has 2 rings (SSSR count). The Morgan fingerprint density at radius 1 is 1.17 bits per heavy atom. The lowest BCUT2D eigenvalue weighted by atomic mass is 9.96. The minimum absolute atomic E-state index is 0.297. The van der Waals surface area contributed by atoms with Gasteiger partial charge < -0.3 is 5.32 Å². The highest BCUT2D eigenvalue weighted by molar-refractivity contribution is 7.20. The van der Waals surface area contributed by atoms with Gasteiger partial charge in [-0.1, -0.05) is 55.3 Å². The average Bonchev–Trinajstić information content (AvgIpc) is 2.61. The van der Waals surface area contributed by atoms with Crippen LogP contribution < -0.4 is 5.32 Å². The van der Waals surface area contributed by atoms with Crippen LogP contribution in [-0.2, 0) is 0 Å². The third kappa shape index (κ3) is 4.12. The molecule has 1 aliphatic rings. The highest BCUT2D eigenvalue weighted by Crippen LogP contribution is 2.35. The zero-order valence-corrected chi connectivity index (χ0v) is 13.2. The molecule has 1 unspecified atom stereocenters. The van der Waals surface area contributed by atoms with E-state index in [1.54, 1.807) is 0 Å². The maximum Gasteiger partial charge on any atom is 0.0991 e. The Morgan fingerprint density at radius 3 is 2.33 bits per heavy atom. The Hall–Kier alpha value is 0.240. The lowest BCUT2D eigenvalue weighted by Crippen LogP contribution is -2.32. The topological polar surface area (TPSA) is 12.0 Å². The fourth-order valence-electron chi connectivity index (χ4n) is 2.71. The number of thiophene rings is 1. The van der Waals surface area contributed by atoms with Gasteiger partial charge in [0.25, 0.3) is 0 Å². The fraction of sp³-hybridized carbons (Fsp3) is 0.714. The summed E-state index contributed by atoms with van der Waals surface area (Å²) in [5.41, 5.74) is 1.15. The highest BCUT2D eigenvalue weighted by atomic mass is 35.5. The molecule has 0 spiro atoms. The first-order chi connectivity index (χ1) is 8.66. The fourth-order valence-corrected chi connectivity index (χ4v) is 4.36. The van der Waals surface area contributed by atoms with Crippen LogP contribution in [0.4, 0.5) is 0 Å². The van der Waals surface area contributed by atoms with Crippen molar-refractivity contribution in [2.45, 2.75) is 64.0 Å². The van der Waals surface area contributed by atoms with E-state index in [0.29, 0.717) is 12.1 Å². The molecule has 0 aliphatic heterocycles. The summed E-state index contributed by atoms with van der Waals surface area (Å²) < 4.78 is 1.60. The molecule has 1 heterocycles. The molecule has 1 N–H and O–H groups in total. The van der Waals surface area contributed by atoms with Crippen molar-refractivity contribution < 1.29 is 0 Å². The molecule has 0 saturated heterocycles. The van der Waals surface area contributed by atoms with Gasteiger partial charge in [-0.3, -0.25) is 0 Å². The Kier molecular flexibility index (Phi) is 5.81. The standard InChI is InChI=1S/C14H21Cl2NS/c1-10(12-9-13(15)18-14(12)16)17-11-7-5-3-2-4-6-8-11/h9-11,17H,2-8H2,1H3. The molecular formula is C14H21Cl2NS. The molecule has 1 aliphatic carbocycles. The summed E-state index contributed by atoms with van der Waals surface area (Å²) in [4.78, 5) is 0. The maximum absolute atomic E-state index is 6.21. The van der Waals surface area contributed by atoms with Crippen molar-refractivity contribution in [1.29, 1.82) is 0 Å². The Morgan fingerprint density at radius 2 is 1.78 bits per heavy atom. The Bertz CT molecular complexity index is 370. The first-order valence-corrected chi connectivity index (χ1v) is 8.45. The van der Waals surface area contributed by atoms with Gasteiger partial charge in [0.05, 0.1) is 8.67 Å². The van der Waals surface area contributed by atoms with E-state index in [4.69, 9.17) is 23.2 Å². The lowest BCUT2D eigenvalue weighted by molar-refractivity contribution is 0.363. The molecule has 4 heteroatoms. The molecule has 1 fully saturated rings. The van der Waals surface area contributed by atoms with E-state index in [1.165, 1.54) is 56.3 Å². The van der Waals surface area contributed by atoms with Gasteiger partial charge in [-0.05, 0) is 31.4 Å². The first kappa shape index (κ1) is 14.6. The normalized spacial score (nSPS) is 20.4. The lowest BCUT2D eigenvalue weighted by Gasteiger charge is -2.25. The predicted molar refractivity (Wildman–Crippen MR) is 82.0 cm³/mol. The molecule has 1 nitrogen and oxygen atoms in total. The van der Waals surface area contributed by atoms with Crippen molar-refractivity contribution in [3.05, 3.63) is 20.3 Å². The second kappa shape index (κ2) is 7.14. The summed E-state index contributed by atoms with van der Waals surface area (Å²) >= 11 is 13.7. The zero-order chi connectivity index (χ0) is 13.0. The van der Waals surface area contributed by atoms with Crippen LogP contribution in [0.15, 0.2) is 6.07 Å². The van der Waals surface area contributed by atoms with Crippen molar-refractivity contribution in [2.24, 2.45) is 0 Å². The van der Waals surface area contributed by atoms with E-state index in [1.807, 2.05) is 6.07 Å². The highest BCUT2D eigenvalue weighted by Gasteiger charge is 2.18. The first-order valence-electron chi connectivity index (χ1n) is 6.87. The van der Waals surface area contributed by atoms with Crippen LogP contribution in [0.5, 0.6) is 0 Å². The summed E-state index contributed by atoms with van der Waals surface area (Å²) in [6, 6.07) is 2.93. The Balaban J connectivity index is 1.92. The smallest absolute Gasteiger partial charge is 0.0991 e. The summed E-state index contributed by atoms with van der Waals surface area (Å²) in [5, 5.41) is 3.72. The molecule has 0 bridgehead atoms. The monoisotopic (exact) mass is 305 g/mol. The third-order valence-corrected chi connectivity index (χ3v) is 5.26. The van der Waals surface area contributed by atoms with E-state index in [9.17, 15) is 0 Å². The maximum atomic E-state index is 6.21. The van der Waals surface area contributed by atoms with Crippen LogP contribution >= 0.6 is 34.5 Å². The molecule has 0 radical (unpaired) electrons. The van der Waals surface area contributed by atoms with E-state index in [2.05, 4.69) is 12.2 Å². The van der Waals surface area contributed by atoms with Crippen LogP contribution in [0.3, 0.4) is 0 Å². The van der Waals surface area contributed by atoms with Gasteiger partial charge in [-0.2, -0.15) is 0 Å². The number of rotatable bonds is 3. The molecule has 1 saturated carbocycles. The number of hydrogen-bond donors (Lipinski definition) is 1. The van der Waals surface area contributed by atoms with Crippen LogP contribution in [0.25, 0.3) is 0 Å². The molecule has 102 valence electrons. The largest absolute Gasteiger partial charge is 0.307 e. The summed E-state index contributed by atoms with van der Waals surface area (Å²) in [5.74, 6) is 0. The van der Waals surface area contributed by atoms with Gasteiger partial charge in [-0.15, -0.1) is 11.3 Å². The van der Waals surface area contributed by atoms with Crippen molar-refractivity contribution in [3.8, 4) is 0 Å². The summed E-state index contributed by atoms with van der Waals surface area (Å²) in [7, 11) is 0. The van der Waals surface area contributed by atoms with Crippen LogP contribution in [0.2, 0.25) is 8.67 Å². The average molecular weight is 306 g/mol. The van der Waals surface area contributed by atoms with Gasteiger partial charge in [0.1, 0.15) is 0 Å². The van der Waals surface area contributed by atoms with Gasteiger partial charge in [0, 0.05) is 12.1 Å². The van der Waals surface area contributed by atoms with Gasteiger partial charge in [-0.25, -0.2) is 0 Å². The molecule has 18 heavy (non-hydrogen) atoms. The van der Waals surface area contributed by atoms with Crippen molar-refractivity contribution in [1.82, 2.24) is 5.32 Å². The van der Waals surface area contributed by atoms with Crippen LogP contribution in [-0.4, -0.2) is 6.04 Å². The van der Waals surface area contributed by atoms with E-state index >= 15 is 0 Å². The van der Waals surface area contributed by atoms with Crippen molar-refractivity contribution >= 4 is 34.5 Å². The third-order valence-electron chi connectivity index (χ3n) is 3.74. The second-order valence-electron chi connectivity index (χ2n) is 5.21. The van der Waals surface area contributed by atoms with Crippen molar-refractivity contribution in [3.63, 3.8) is 0 Å². The molecule has 1 aromatic rings. The molecule has 1 aromatic heterocycles. The molecule has 0 aromatic carbocycles. The second-order valence-corrected chi connectivity index (χ2v) is 7.50. The zero-order valence-electron chi connectivity index (χ0n) is 10.8. The summed E-state index contributed by atoms with van der Waals surface area (Å²) in [6.45, 7) is 2.18. The van der Waals surface area contributed by atoms with Crippen molar-refractivity contribution in [2.75, 3.05) is 0 Å². The number of halogens is 2. The van der Waals surface area contributed by atoms with Crippen LogP contribution in [0.1, 0.15) is 63.5 Å². The minimum atomic E-state index is 0.297. The number of nitrogens with one attached hydrogen (secondary N) is 1. The molecule has 0 amide bonds. The van der Waals surface area contributed by atoms with E-state index < -0.39 is 0 Å². The van der Waals surface area contributed by atoms with E-state index in [-0.39, 0.29) is 0 Å². The van der Waals surface area contributed by atoms with E-state index in [0.717, 1.165) is 14.2 Å². The van der Waals surface area contributed by atoms with Gasteiger partial charge in [0.15, 0.2) is 0 Å². The quantitative estimate of drug-likeness (QED) is 0.742. The minimum Gasteiger partial charge on any atom is -0.307 e. The summed E-state index contributed by atoms with van der Waals surface area (Å²) in [6.07, 6.45) is 9.47. The van der Waals surface area contributed by atoms with Gasteiger partial charge >= 0.3 is 0 Å². The molecule has 1 atom stereocenters. The van der Waals surface area contributed by atoms with Gasteiger partial charge in [0.2, 0.25) is 0 Å². The SMILES string of the molecule is CC(NC1CCCCCCC1)c1cc(Cl)sc1Cl.